The second-order valence-corrected chi connectivity index (χ2v) is 10.5. The van der Waals surface area contributed by atoms with Crippen LogP contribution >= 0.6 is 0 Å². The molecule has 1 atom stereocenters. The van der Waals surface area contributed by atoms with Gasteiger partial charge in [-0.1, -0.05) is 30.3 Å². The molecule has 8 heteroatoms. The van der Waals surface area contributed by atoms with Gasteiger partial charge in [0, 0.05) is 18.8 Å². The zero-order valence-corrected chi connectivity index (χ0v) is 19.4. The van der Waals surface area contributed by atoms with Crippen molar-refractivity contribution in [2.24, 2.45) is 0 Å². The van der Waals surface area contributed by atoms with E-state index in [0.717, 1.165) is 24.2 Å². The van der Waals surface area contributed by atoms with Gasteiger partial charge in [0.15, 0.2) is 9.84 Å². The van der Waals surface area contributed by atoms with E-state index >= 15 is 0 Å². The Bertz CT molecular complexity index is 1270. The molecule has 0 fully saturated rings. The SMILES string of the molecule is CC(NC(=O)Nc1ccc(S(=O)(=O)Cc2ccc3c(c2)CN(C)C3)cc1)c1cccc(O)c1. The molecule has 1 unspecified atom stereocenters. The van der Waals surface area contributed by atoms with E-state index in [1.54, 1.807) is 37.3 Å². The van der Waals surface area contributed by atoms with Gasteiger partial charge in [0.1, 0.15) is 5.75 Å². The molecule has 3 aromatic carbocycles. The number of phenols is 1. The first-order valence-corrected chi connectivity index (χ1v) is 12.3. The van der Waals surface area contributed by atoms with E-state index in [9.17, 15) is 18.3 Å². The molecule has 0 saturated heterocycles. The molecule has 0 aromatic heterocycles. The molecule has 7 nitrogen and oxygen atoms in total. The van der Waals surface area contributed by atoms with E-state index in [0.29, 0.717) is 5.69 Å². The first-order chi connectivity index (χ1) is 15.7. The zero-order chi connectivity index (χ0) is 23.6. The Kier molecular flexibility index (Phi) is 6.40. The number of phenolic OH excluding ortho intramolecular Hbond substituents is 1. The zero-order valence-electron chi connectivity index (χ0n) is 18.6. The molecule has 0 bridgehead atoms. The lowest BCUT2D eigenvalue weighted by molar-refractivity contribution is 0.249. The van der Waals surface area contributed by atoms with Crippen molar-refractivity contribution in [3.63, 3.8) is 0 Å². The highest BCUT2D eigenvalue weighted by Gasteiger charge is 2.20. The van der Waals surface area contributed by atoms with E-state index in [2.05, 4.69) is 15.5 Å². The van der Waals surface area contributed by atoms with Crippen LogP contribution in [-0.2, 0) is 28.7 Å². The van der Waals surface area contributed by atoms with Crippen LogP contribution in [0.15, 0.2) is 71.6 Å². The molecule has 0 spiro atoms. The van der Waals surface area contributed by atoms with Gasteiger partial charge in [-0.2, -0.15) is 0 Å². The van der Waals surface area contributed by atoms with Gasteiger partial charge in [-0.05, 0) is 72.6 Å². The predicted octanol–water partition coefficient (Wildman–Crippen LogP) is 4.19. The number of hydrogen-bond acceptors (Lipinski definition) is 5. The van der Waals surface area contributed by atoms with Crippen LogP contribution in [0.25, 0.3) is 0 Å². The van der Waals surface area contributed by atoms with Gasteiger partial charge >= 0.3 is 6.03 Å². The lowest BCUT2D eigenvalue weighted by Crippen LogP contribution is -2.31. The fourth-order valence-electron chi connectivity index (χ4n) is 4.00. The van der Waals surface area contributed by atoms with E-state index in [-0.39, 0.29) is 22.4 Å². The van der Waals surface area contributed by atoms with Crippen LogP contribution in [0.2, 0.25) is 0 Å². The number of urea groups is 1. The molecule has 33 heavy (non-hydrogen) atoms. The van der Waals surface area contributed by atoms with Crippen LogP contribution in [0.1, 0.15) is 35.2 Å². The quantitative estimate of drug-likeness (QED) is 0.507. The van der Waals surface area contributed by atoms with Crippen LogP contribution in [0.3, 0.4) is 0 Å². The molecule has 0 aliphatic carbocycles. The Morgan fingerprint density at radius 2 is 1.76 bits per heavy atom. The number of benzene rings is 3. The second kappa shape index (κ2) is 9.25. The average Bonchev–Trinajstić information content (AvgIpc) is 3.13. The third kappa shape index (κ3) is 5.53. The van der Waals surface area contributed by atoms with Crippen molar-refractivity contribution >= 4 is 21.6 Å². The number of aromatic hydroxyl groups is 1. The van der Waals surface area contributed by atoms with Crippen molar-refractivity contribution in [1.82, 2.24) is 10.2 Å². The number of nitrogens with zero attached hydrogens (tertiary/aromatic N) is 1. The highest BCUT2D eigenvalue weighted by atomic mass is 32.2. The summed E-state index contributed by atoms with van der Waals surface area (Å²) in [4.78, 5) is 14.7. The summed E-state index contributed by atoms with van der Waals surface area (Å²) in [6, 6.07) is 17.9. The summed E-state index contributed by atoms with van der Waals surface area (Å²) in [5, 5.41) is 15.1. The third-order valence-corrected chi connectivity index (χ3v) is 7.40. The summed E-state index contributed by atoms with van der Waals surface area (Å²) < 4.78 is 25.8. The highest BCUT2D eigenvalue weighted by molar-refractivity contribution is 7.90. The van der Waals surface area contributed by atoms with Crippen LogP contribution in [0.5, 0.6) is 5.75 Å². The van der Waals surface area contributed by atoms with Gasteiger partial charge in [-0.3, -0.25) is 4.90 Å². The Morgan fingerprint density at radius 1 is 1.03 bits per heavy atom. The summed E-state index contributed by atoms with van der Waals surface area (Å²) in [5.41, 5.74) is 4.44. The van der Waals surface area contributed by atoms with Crippen molar-refractivity contribution in [2.45, 2.75) is 36.7 Å². The molecule has 0 radical (unpaired) electrons. The van der Waals surface area contributed by atoms with Crippen molar-refractivity contribution in [3.05, 3.63) is 89.0 Å². The van der Waals surface area contributed by atoms with E-state index in [1.165, 1.54) is 23.3 Å². The van der Waals surface area contributed by atoms with E-state index in [4.69, 9.17) is 0 Å². The van der Waals surface area contributed by atoms with Crippen molar-refractivity contribution in [3.8, 4) is 5.75 Å². The number of fused-ring (bicyclic) bond motifs is 1. The molecule has 3 N–H and O–H groups in total. The number of anilines is 1. The number of carbonyl (C=O) groups is 1. The van der Waals surface area contributed by atoms with Gasteiger partial charge in [-0.15, -0.1) is 0 Å². The highest BCUT2D eigenvalue weighted by Crippen LogP contribution is 2.25. The molecule has 1 aliphatic rings. The van der Waals surface area contributed by atoms with Crippen LogP contribution in [-0.4, -0.2) is 31.5 Å². The maximum atomic E-state index is 12.9. The smallest absolute Gasteiger partial charge is 0.319 e. The molecular formula is C25H27N3O4S. The summed E-state index contributed by atoms with van der Waals surface area (Å²) in [6.07, 6.45) is 0. The summed E-state index contributed by atoms with van der Waals surface area (Å²) >= 11 is 0. The molecule has 0 saturated carbocycles. The van der Waals surface area contributed by atoms with Gasteiger partial charge in [0.25, 0.3) is 0 Å². The number of nitrogens with one attached hydrogen (secondary N) is 2. The Morgan fingerprint density at radius 3 is 2.48 bits per heavy atom. The molecule has 4 rings (SSSR count). The van der Waals surface area contributed by atoms with Crippen molar-refractivity contribution in [1.29, 1.82) is 0 Å². The van der Waals surface area contributed by atoms with E-state index < -0.39 is 15.9 Å². The van der Waals surface area contributed by atoms with Crippen LogP contribution in [0, 0.1) is 0 Å². The first kappa shape index (κ1) is 22.8. The first-order valence-electron chi connectivity index (χ1n) is 10.7. The minimum absolute atomic E-state index is 0.0707. The summed E-state index contributed by atoms with van der Waals surface area (Å²) in [5.74, 6) is 0.0594. The minimum Gasteiger partial charge on any atom is -0.508 e. The van der Waals surface area contributed by atoms with Crippen molar-refractivity contribution in [2.75, 3.05) is 12.4 Å². The standard InChI is InChI=1S/C25H27N3O4S/c1-17(19-4-3-5-23(29)13-19)26-25(30)27-22-8-10-24(11-9-22)33(31,32)16-18-6-7-20-14-28(2)15-21(20)12-18/h3-13,17,29H,14-16H2,1-2H3,(H2,26,27,30). The lowest BCUT2D eigenvalue weighted by atomic mass is 10.1. The van der Waals surface area contributed by atoms with Gasteiger partial charge in [0.05, 0.1) is 16.7 Å². The molecular weight excluding hydrogens is 438 g/mol. The maximum Gasteiger partial charge on any atom is 0.319 e. The number of sulfone groups is 1. The molecule has 3 aromatic rings. The third-order valence-electron chi connectivity index (χ3n) is 5.70. The lowest BCUT2D eigenvalue weighted by Gasteiger charge is -2.15. The van der Waals surface area contributed by atoms with Gasteiger partial charge in [-0.25, -0.2) is 13.2 Å². The molecule has 2 amide bonds. The fourth-order valence-corrected chi connectivity index (χ4v) is 5.33. The number of carbonyl (C=O) groups excluding carboxylic acids is 1. The Balaban J connectivity index is 1.38. The van der Waals surface area contributed by atoms with Crippen LogP contribution in [0.4, 0.5) is 10.5 Å². The van der Waals surface area contributed by atoms with E-state index in [1.807, 2.05) is 31.3 Å². The van der Waals surface area contributed by atoms with Crippen LogP contribution < -0.4 is 10.6 Å². The monoisotopic (exact) mass is 465 g/mol. The average molecular weight is 466 g/mol. The minimum atomic E-state index is -3.51. The Labute approximate surface area is 194 Å². The summed E-state index contributed by atoms with van der Waals surface area (Å²) in [7, 11) is -1.47. The Hall–Kier alpha value is -3.36. The normalized spacial score (nSPS) is 14.5. The number of hydrogen-bond donors (Lipinski definition) is 3. The molecule has 1 aliphatic heterocycles. The largest absolute Gasteiger partial charge is 0.508 e. The maximum absolute atomic E-state index is 12.9. The predicted molar refractivity (Wildman–Crippen MR) is 128 cm³/mol. The molecule has 1 heterocycles. The van der Waals surface area contributed by atoms with Crippen molar-refractivity contribution < 1.29 is 18.3 Å². The molecule has 172 valence electrons. The summed E-state index contributed by atoms with van der Waals surface area (Å²) in [6.45, 7) is 3.52. The topological polar surface area (TPSA) is 98.7 Å². The fraction of sp³-hybridized carbons (Fsp3) is 0.240. The van der Waals surface area contributed by atoms with Gasteiger partial charge < -0.3 is 15.7 Å². The van der Waals surface area contributed by atoms with Gasteiger partial charge in [0.2, 0.25) is 0 Å². The number of rotatable bonds is 6. The number of amides is 2. The second-order valence-electron chi connectivity index (χ2n) is 8.47.